The number of piperidine rings is 1. The van der Waals surface area contributed by atoms with Gasteiger partial charge in [0.15, 0.2) is 0 Å². The van der Waals surface area contributed by atoms with Gasteiger partial charge in [-0.05, 0) is 44.7 Å². The topological polar surface area (TPSA) is 83.9 Å². The van der Waals surface area contributed by atoms with Crippen LogP contribution in [0.3, 0.4) is 0 Å². The maximum Gasteiger partial charge on any atom is 0.407 e. The summed E-state index contributed by atoms with van der Waals surface area (Å²) in [5, 5.41) is 9.14. The minimum absolute atomic E-state index is 0.00927. The molecule has 1 aliphatic rings. The van der Waals surface area contributed by atoms with Crippen LogP contribution in [0.4, 0.5) is 4.79 Å². The predicted octanol–water partition coefficient (Wildman–Crippen LogP) is 2.62. The van der Waals surface area contributed by atoms with Gasteiger partial charge in [-0.25, -0.2) is 4.79 Å². The van der Waals surface area contributed by atoms with E-state index in [0.717, 1.165) is 24.8 Å². The molecule has 0 aliphatic carbocycles. The predicted molar refractivity (Wildman–Crippen MR) is 81.3 cm³/mol. The molecule has 1 saturated heterocycles. The van der Waals surface area contributed by atoms with Crippen molar-refractivity contribution in [1.29, 1.82) is 0 Å². The van der Waals surface area contributed by atoms with Crippen molar-refractivity contribution in [2.45, 2.75) is 43.5 Å². The number of benzene rings is 1. The van der Waals surface area contributed by atoms with Gasteiger partial charge < -0.3 is 10.0 Å². The Morgan fingerprint density at radius 3 is 2.64 bits per heavy atom. The first-order chi connectivity index (χ1) is 10.4. The van der Waals surface area contributed by atoms with Gasteiger partial charge in [0, 0.05) is 12.6 Å². The molecule has 1 atom stereocenters. The van der Waals surface area contributed by atoms with Crippen molar-refractivity contribution >= 4 is 16.2 Å². The molecule has 1 unspecified atom stereocenters. The van der Waals surface area contributed by atoms with Crippen molar-refractivity contribution in [1.82, 2.24) is 4.90 Å². The highest BCUT2D eigenvalue weighted by atomic mass is 32.2. The van der Waals surface area contributed by atoms with E-state index >= 15 is 0 Å². The molecule has 0 radical (unpaired) electrons. The van der Waals surface area contributed by atoms with Crippen LogP contribution in [-0.2, 0) is 14.3 Å². The lowest BCUT2D eigenvalue weighted by molar-refractivity contribution is 0.0973. The fourth-order valence-corrected chi connectivity index (χ4v) is 3.54. The Labute approximate surface area is 130 Å². The Morgan fingerprint density at radius 1 is 1.32 bits per heavy atom. The van der Waals surface area contributed by atoms with Crippen LogP contribution in [-0.4, -0.2) is 43.7 Å². The van der Waals surface area contributed by atoms with Gasteiger partial charge >= 0.3 is 6.09 Å². The van der Waals surface area contributed by atoms with E-state index in [4.69, 9.17) is 9.29 Å². The van der Waals surface area contributed by atoms with Crippen LogP contribution in [0.15, 0.2) is 29.2 Å². The number of rotatable bonds is 5. The van der Waals surface area contributed by atoms with Crippen molar-refractivity contribution in [2.75, 3.05) is 13.2 Å². The maximum absolute atomic E-state index is 12.0. The molecule has 1 heterocycles. The largest absolute Gasteiger partial charge is 0.465 e. The van der Waals surface area contributed by atoms with Crippen molar-refractivity contribution in [2.24, 2.45) is 0 Å². The van der Waals surface area contributed by atoms with E-state index < -0.39 is 16.2 Å². The molecule has 1 aromatic carbocycles. The summed E-state index contributed by atoms with van der Waals surface area (Å²) in [6, 6.07) is 6.27. The summed E-state index contributed by atoms with van der Waals surface area (Å²) in [4.78, 5) is 12.6. The van der Waals surface area contributed by atoms with Crippen LogP contribution in [0.2, 0.25) is 0 Å². The smallest absolute Gasteiger partial charge is 0.407 e. The second kappa shape index (κ2) is 7.11. The van der Waals surface area contributed by atoms with E-state index in [1.54, 1.807) is 12.1 Å². The Hall–Kier alpha value is -1.60. The van der Waals surface area contributed by atoms with Crippen LogP contribution in [0, 0.1) is 6.92 Å². The first-order valence-corrected chi connectivity index (χ1v) is 8.76. The Balaban J connectivity index is 1.92. The summed E-state index contributed by atoms with van der Waals surface area (Å²) in [5.74, 6) is 0. The summed E-state index contributed by atoms with van der Waals surface area (Å²) < 4.78 is 29.1. The molecule has 1 amide bonds. The van der Waals surface area contributed by atoms with Crippen molar-refractivity contribution in [3.63, 3.8) is 0 Å². The van der Waals surface area contributed by atoms with Gasteiger partial charge in [0.05, 0.1) is 11.5 Å². The highest BCUT2D eigenvalue weighted by Crippen LogP contribution is 2.21. The summed E-state index contributed by atoms with van der Waals surface area (Å²) in [6.45, 7) is 2.37. The van der Waals surface area contributed by atoms with Gasteiger partial charge in [-0.2, -0.15) is 8.42 Å². The van der Waals surface area contributed by atoms with Crippen LogP contribution in [0.1, 0.15) is 31.2 Å². The molecule has 7 heteroatoms. The second-order valence-corrected chi connectivity index (χ2v) is 7.12. The molecule has 0 spiro atoms. The van der Waals surface area contributed by atoms with Crippen LogP contribution in [0.25, 0.3) is 0 Å². The first kappa shape index (κ1) is 16.8. The quantitative estimate of drug-likeness (QED) is 0.840. The van der Waals surface area contributed by atoms with Gasteiger partial charge in [0.25, 0.3) is 10.1 Å². The average molecular weight is 327 g/mol. The van der Waals surface area contributed by atoms with Gasteiger partial charge in [-0.1, -0.05) is 17.7 Å². The minimum atomic E-state index is -3.78. The fraction of sp³-hybridized carbons (Fsp3) is 0.533. The van der Waals surface area contributed by atoms with Crippen molar-refractivity contribution in [3.05, 3.63) is 29.8 Å². The number of likely N-dealkylation sites (tertiary alicyclic amines) is 1. The summed E-state index contributed by atoms with van der Waals surface area (Å²) in [7, 11) is -3.78. The van der Waals surface area contributed by atoms with Crippen LogP contribution >= 0.6 is 0 Å². The van der Waals surface area contributed by atoms with E-state index in [-0.39, 0.29) is 17.5 Å². The van der Waals surface area contributed by atoms with E-state index in [1.807, 2.05) is 6.92 Å². The third-order valence-corrected chi connectivity index (χ3v) is 5.20. The molecule has 1 N–H and O–H groups in total. The first-order valence-electron chi connectivity index (χ1n) is 7.36. The van der Waals surface area contributed by atoms with E-state index in [1.165, 1.54) is 17.0 Å². The summed E-state index contributed by atoms with van der Waals surface area (Å²) in [6.07, 6.45) is 1.99. The number of hydrogen-bond acceptors (Lipinski definition) is 4. The molecular formula is C15H21NO5S. The number of carboxylic acid groups (broad SMARTS) is 1. The summed E-state index contributed by atoms with van der Waals surface area (Å²) >= 11 is 0. The molecule has 0 saturated carbocycles. The standard InChI is InChI=1S/C15H21NO5S/c1-12-5-7-14(8-6-12)22(19,20)21-11-9-13-4-2-3-10-16(13)15(17)18/h5-8,13H,2-4,9-11H2,1H3,(H,17,18). The molecule has 1 aliphatic heterocycles. The lowest BCUT2D eigenvalue weighted by atomic mass is 10.0. The van der Waals surface area contributed by atoms with Gasteiger partial charge in [0.1, 0.15) is 0 Å². The highest BCUT2D eigenvalue weighted by Gasteiger charge is 2.26. The molecule has 22 heavy (non-hydrogen) atoms. The van der Waals surface area contributed by atoms with Crippen molar-refractivity contribution < 1.29 is 22.5 Å². The average Bonchev–Trinajstić information content (AvgIpc) is 2.48. The molecule has 6 nitrogen and oxygen atoms in total. The lowest BCUT2D eigenvalue weighted by Crippen LogP contribution is -2.43. The van der Waals surface area contributed by atoms with Crippen LogP contribution in [0.5, 0.6) is 0 Å². The number of aryl methyl sites for hydroxylation is 1. The Kier molecular flexibility index (Phi) is 5.42. The highest BCUT2D eigenvalue weighted by molar-refractivity contribution is 7.86. The SMILES string of the molecule is Cc1ccc(S(=O)(=O)OCCC2CCCCN2C(=O)O)cc1. The van der Waals surface area contributed by atoms with Crippen molar-refractivity contribution in [3.8, 4) is 0 Å². The lowest BCUT2D eigenvalue weighted by Gasteiger charge is -2.33. The molecule has 0 bridgehead atoms. The zero-order valence-corrected chi connectivity index (χ0v) is 13.4. The molecule has 1 aromatic rings. The molecule has 122 valence electrons. The van der Waals surface area contributed by atoms with Gasteiger partial charge in [0.2, 0.25) is 0 Å². The third kappa shape index (κ3) is 4.20. The normalized spacial score (nSPS) is 19.1. The van der Waals surface area contributed by atoms with Gasteiger partial charge in [-0.3, -0.25) is 4.18 Å². The Morgan fingerprint density at radius 2 is 2.00 bits per heavy atom. The zero-order chi connectivity index (χ0) is 16.2. The molecule has 0 aromatic heterocycles. The fourth-order valence-electron chi connectivity index (χ4n) is 2.62. The van der Waals surface area contributed by atoms with E-state index in [2.05, 4.69) is 0 Å². The maximum atomic E-state index is 12.0. The number of carbonyl (C=O) groups is 1. The summed E-state index contributed by atoms with van der Waals surface area (Å²) in [5.41, 5.74) is 0.971. The number of nitrogens with zero attached hydrogens (tertiary/aromatic N) is 1. The minimum Gasteiger partial charge on any atom is -0.465 e. The van der Waals surface area contributed by atoms with Crippen LogP contribution < -0.4 is 0 Å². The Bertz CT molecular complexity index is 611. The molecule has 1 fully saturated rings. The number of hydrogen-bond donors (Lipinski definition) is 1. The third-order valence-electron chi connectivity index (χ3n) is 3.87. The second-order valence-electron chi connectivity index (χ2n) is 5.50. The van der Waals surface area contributed by atoms with E-state index in [0.29, 0.717) is 13.0 Å². The molecule has 2 rings (SSSR count). The number of amides is 1. The zero-order valence-electron chi connectivity index (χ0n) is 12.6. The molecular weight excluding hydrogens is 306 g/mol. The monoisotopic (exact) mass is 327 g/mol. The van der Waals surface area contributed by atoms with E-state index in [9.17, 15) is 13.2 Å². The van der Waals surface area contributed by atoms with Gasteiger partial charge in [-0.15, -0.1) is 0 Å².